The van der Waals surface area contributed by atoms with Gasteiger partial charge in [0.2, 0.25) is 0 Å². The van der Waals surface area contributed by atoms with Gasteiger partial charge in [0.1, 0.15) is 5.82 Å². The maximum absolute atomic E-state index is 13.2. The molecule has 1 atom stereocenters. The summed E-state index contributed by atoms with van der Waals surface area (Å²) in [5.41, 5.74) is 2.38. The van der Waals surface area contributed by atoms with Gasteiger partial charge in [-0.25, -0.2) is 4.39 Å². The van der Waals surface area contributed by atoms with Crippen LogP contribution in [0.1, 0.15) is 17.2 Å². The van der Waals surface area contributed by atoms with Gasteiger partial charge in [0.05, 0.1) is 6.04 Å². The highest BCUT2D eigenvalue weighted by Crippen LogP contribution is 2.30. The van der Waals surface area contributed by atoms with Crippen LogP contribution in [0.5, 0.6) is 0 Å². The smallest absolute Gasteiger partial charge is 0.123 e. The van der Waals surface area contributed by atoms with Crippen molar-refractivity contribution in [2.75, 3.05) is 26.2 Å². The first-order valence-electron chi connectivity index (χ1n) is 7.20. The summed E-state index contributed by atoms with van der Waals surface area (Å²) in [7, 11) is 0. The van der Waals surface area contributed by atoms with Crippen molar-refractivity contribution < 1.29 is 4.39 Å². The molecule has 2 aromatic rings. The van der Waals surface area contributed by atoms with Crippen LogP contribution < -0.4 is 5.32 Å². The molecule has 0 bridgehead atoms. The zero-order valence-corrected chi connectivity index (χ0v) is 13.3. The highest BCUT2D eigenvalue weighted by Gasteiger charge is 2.23. The van der Waals surface area contributed by atoms with E-state index in [4.69, 9.17) is 0 Å². The van der Waals surface area contributed by atoms with E-state index in [1.807, 2.05) is 12.1 Å². The number of nitrogens with one attached hydrogen (secondary N) is 1. The van der Waals surface area contributed by atoms with Gasteiger partial charge in [0, 0.05) is 30.7 Å². The van der Waals surface area contributed by atoms with Crippen LogP contribution in [-0.4, -0.2) is 31.1 Å². The third-order valence-corrected chi connectivity index (χ3v) is 4.42. The first kappa shape index (κ1) is 14.7. The second-order valence-corrected chi connectivity index (χ2v) is 6.21. The molecule has 1 aliphatic heterocycles. The van der Waals surface area contributed by atoms with Crippen molar-refractivity contribution in [2.45, 2.75) is 6.04 Å². The Hall–Kier alpha value is -1.23. The van der Waals surface area contributed by atoms with Crippen molar-refractivity contribution in [1.82, 2.24) is 10.2 Å². The minimum absolute atomic E-state index is 0.181. The zero-order chi connectivity index (χ0) is 14.7. The average Bonchev–Trinajstić information content (AvgIpc) is 2.52. The predicted molar refractivity (Wildman–Crippen MR) is 86.8 cm³/mol. The highest BCUT2D eigenvalue weighted by molar-refractivity contribution is 9.10. The van der Waals surface area contributed by atoms with Crippen molar-refractivity contribution in [3.63, 3.8) is 0 Å². The molecular weight excluding hydrogens is 331 g/mol. The molecule has 3 rings (SSSR count). The van der Waals surface area contributed by atoms with Gasteiger partial charge in [0.15, 0.2) is 0 Å². The van der Waals surface area contributed by atoms with Gasteiger partial charge < -0.3 is 5.32 Å². The minimum atomic E-state index is -0.186. The Morgan fingerprint density at radius 1 is 0.905 bits per heavy atom. The van der Waals surface area contributed by atoms with Crippen LogP contribution in [0.3, 0.4) is 0 Å². The lowest BCUT2D eigenvalue weighted by atomic mass is 9.96. The molecule has 0 spiro atoms. The van der Waals surface area contributed by atoms with Crippen LogP contribution in [0.4, 0.5) is 4.39 Å². The molecule has 110 valence electrons. The van der Waals surface area contributed by atoms with Gasteiger partial charge in [0.25, 0.3) is 0 Å². The molecule has 1 fully saturated rings. The molecule has 0 amide bonds. The van der Waals surface area contributed by atoms with Crippen molar-refractivity contribution >= 4 is 15.9 Å². The fraction of sp³-hybridized carbons (Fsp3) is 0.294. The van der Waals surface area contributed by atoms with E-state index >= 15 is 0 Å². The molecule has 0 aliphatic carbocycles. The molecule has 21 heavy (non-hydrogen) atoms. The van der Waals surface area contributed by atoms with Crippen LogP contribution >= 0.6 is 15.9 Å². The number of halogens is 2. The molecule has 1 N–H and O–H groups in total. The number of hydrogen-bond donors (Lipinski definition) is 1. The summed E-state index contributed by atoms with van der Waals surface area (Å²) in [6.07, 6.45) is 0. The van der Waals surface area contributed by atoms with Gasteiger partial charge in [-0.2, -0.15) is 0 Å². The average molecular weight is 349 g/mol. The molecule has 0 radical (unpaired) electrons. The molecule has 0 aromatic heterocycles. The zero-order valence-electron chi connectivity index (χ0n) is 11.7. The lowest BCUT2D eigenvalue weighted by Gasteiger charge is -2.35. The standard InChI is InChI=1S/C17H18BrFN2/c18-15-5-1-13(2-6-15)17(21-11-9-20-10-12-21)14-3-7-16(19)8-4-14/h1-8,17,20H,9-12H2. The van der Waals surface area contributed by atoms with Gasteiger partial charge in [-0.15, -0.1) is 0 Å². The van der Waals surface area contributed by atoms with Gasteiger partial charge >= 0.3 is 0 Å². The van der Waals surface area contributed by atoms with Crippen molar-refractivity contribution in [3.05, 3.63) is 69.9 Å². The Bertz CT molecular complexity index is 531. The summed E-state index contributed by atoms with van der Waals surface area (Å²) in [5, 5.41) is 3.38. The Kier molecular flexibility index (Phi) is 4.68. The summed E-state index contributed by atoms with van der Waals surface area (Å²) < 4.78 is 14.3. The highest BCUT2D eigenvalue weighted by atomic mass is 79.9. The van der Waals surface area contributed by atoms with Crippen LogP contribution in [0.25, 0.3) is 0 Å². The molecule has 1 aliphatic rings. The summed E-state index contributed by atoms with van der Waals surface area (Å²) in [4.78, 5) is 2.45. The second kappa shape index (κ2) is 6.69. The summed E-state index contributed by atoms with van der Waals surface area (Å²) in [6, 6.07) is 15.5. The predicted octanol–water partition coefficient (Wildman–Crippen LogP) is 3.58. The lowest BCUT2D eigenvalue weighted by Crippen LogP contribution is -2.45. The monoisotopic (exact) mass is 348 g/mol. The van der Waals surface area contributed by atoms with E-state index in [-0.39, 0.29) is 11.9 Å². The molecule has 0 saturated carbocycles. The molecule has 1 heterocycles. The normalized spacial score (nSPS) is 17.6. The van der Waals surface area contributed by atoms with E-state index in [1.165, 1.54) is 5.56 Å². The number of nitrogens with zero attached hydrogens (tertiary/aromatic N) is 1. The van der Waals surface area contributed by atoms with E-state index in [2.05, 4.69) is 50.4 Å². The molecule has 1 unspecified atom stereocenters. The van der Waals surface area contributed by atoms with Gasteiger partial charge in [-0.1, -0.05) is 40.2 Å². The van der Waals surface area contributed by atoms with Gasteiger partial charge in [-0.05, 0) is 35.4 Å². The second-order valence-electron chi connectivity index (χ2n) is 5.29. The van der Waals surface area contributed by atoms with E-state index in [0.29, 0.717) is 0 Å². The summed E-state index contributed by atoms with van der Waals surface area (Å²) in [6.45, 7) is 3.98. The fourth-order valence-corrected chi connectivity index (χ4v) is 3.11. The first-order chi connectivity index (χ1) is 10.2. The van der Waals surface area contributed by atoms with Crippen molar-refractivity contribution in [3.8, 4) is 0 Å². The summed E-state index contributed by atoms with van der Waals surface area (Å²) in [5.74, 6) is -0.186. The molecule has 2 nitrogen and oxygen atoms in total. The Morgan fingerprint density at radius 2 is 1.43 bits per heavy atom. The molecular formula is C17H18BrFN2. The number of hydrogen-bond acceptors (Lipinski definition) is 2. The topological polar surface area (TPSA) is 15.3 Å². The number of rotatable bonds is 3. The summed E-state index contributed by atoms with van der Waals surface area (Å²) >= 11 is 3.48. The fourth-order valence-electron chi connectivity index (χ4n) is 2.84. The third kappa shape index (κ3) is 3.51. The quantitative estimate of drug-likeness (QED) is 0.911. The van der Waals surface area contributed by atoms with E-state index < -0.39 is 0 Å². The van der Waals surface area contributed by atoms with Crippen LogP contribution in [-0.2, 0) is 0 Å². The van der Waals surface area contributed by atoms with E-state index in [9.17, 15) is 4.39 Å². The van der Waals surface area contributed by atoms with Crippen LogP contribution in [0, 0.1) is 5.82 Å². The SMILES string of the molecule is Fc1ccc(C(c2ccc(Br)cc2)N2CCNCC2)cc1. The first-order valence-corrected chi connectivity index (χ1v) is 7.99. The number of benzene rings is 2. The largest absolute Gasteiger partial charge is 0.314 e. The van der Waals surface area contributed by atoms with Crippen molar-refractivity contribution in [1.29, 1.82) is 0 Å². The third-order valence-electron chi connectivity index (χ3n) is 3.89. The Balaban J connectivity index is 1.97. The maximum Gasteiger partial charge on any atom is 0.123 e. The molecule has 2 aromatic carbocycles. The van der Waals surface area contributed by atoms with E-state index in [1.54, 1.807) is 12.1 Å². The maximum atomic E-state index is 13.2. The molecule has 4 heteroatoms. The van der Waals surface area contributed by atoms with Crippen LogP contribution in [0.15, 0.2) is 53.0 Å². The van der Waals surface area contributed by atoms with Crippen LogP contribution in [0.2, 0.25) is 0 Å². The Labute approximate surface area is 133 Å². The minimum Gasteiger partial charge on any atom is -0.314 e. The lowest BCUT2D eigenvalue weighted by molar-refractivity contribution is 0.198. The Morgan fingerprint density at radius 3 is 2.00 bits per heavy atom. The molecule has 1 saturated heterocycles. The van der Waals surface area contributed by atoms with E-state index in [0.717, 1.165) is 36.2 Å². The van der Waals surface area contributed by atoms with Crippen molar-refractivity contribution in [2.24, 2.45) is 0 Å². The number of piperazine rings is 1. The van der Waals surface area contributed by atoms with Gasteiger partial charge in [-0.3, -0.25) is 4.90 Å².